The van der Waals surface area contributed by atoms with Crippen molar-refractivity contribution in [2.24, 2.45) is 0 Å². The van der Waals surface area contributed by atoms with Gasteiger partial charge in [0.25, 0.3) is 0 Å². The quantitative estimate of drug-likeness (QED) is 0.213. The van der Waals surface area contributed by atoms with Gasteiger partial charge in [-0.25, -0.2) is 14.4 Å². The van der Waals surface area contributed by atoms with Crippen LogP contribution in [-0.2, 0) is 4.74 Å². The predicted octanol–water partition coefficient (Wildman–Crippen LogP) is 6.36. The third-order valence-electron chi connectivity index (χ3n) is 8.00. The van der Waals surface area contributed by atoms with Gasteiger partial charge in [-0.05, 0) is 69.3 Å². The number of ether oxygens (including phenoxy) is 5. The SMILES string of the molecule is CC(C)(C)OC(=O)N1CCN(C(=O)Oc2ccccc2)C(COc2cccnc2)C1.Cl.Cl.O=C(Oc1ccccc1)N1CCNCC1COc1cccnc1. The highest BCUT2D eigenvalue weighted by Gasteiger charge is 2.36. The number of halogens is 2. The fourth-order valence-electron chi connectivity index (χ4n) is 5.43. The van der Waals surface area contributed by atoms with Crippen molar-refractivity contribution < 1.29 is 38.1 Å². The second-order valence-corrected chi connectivity index (χ2v) is 13.2. The van der Waals surface area contributed by atoms with Gasteiger partial charge >= 0.3 is 18.3 Å². The molecule has 1 N–H and O–H groups in total. The first kappa shape index (κ1) is 44.1. The smallest absolute Gasteiger partial charge is 0.415 e. The van der Waals surface area contributed by atoms with Crippen molar-refractivity contribution in [3.8, 4) is 23.0 Å². The van der Waals surface area contributed by atoms with Crippen LogP contribution in [0.4, 0.5) is 14.4 Å². The van der Waals surface area contributed by atoms with Crippen molar-refractivity contribution in [1.29, 1.82) is 0 Å². The maximum absolute atomic E-state index is 12.8. The summed E-state index contributed by atoms with van der Waals surface area (Å²) in [6, 6.07) is 24.7. The number of amides is 3. The molecule has 3 amide bonds. The lowest BCUT2D eigenvalue weighted by atomic mass is 10.2. The summed E-state index contributed by atoms with van der Waals surface area (Å²) in [5.74, 6) is 2.28. The van der Waals surface area contributed by atoms with E-state index in [1.54, 1.807) is 88.0 Å². The Hall–Kier alpha value is -5.31. The van der Waals surface area contributed by atoms with Crippen LogP contribution in [0, 0.1) is 0 Å². The van der Waals surface area contributed by atoms with Crippen LogP contribution in [0.25, 0.3) is 0 Å². The maximum Gasteiger partial charge on any atom is 0.415 e. The van der Waals surface area contributed by atoms with Crippen LogP contribution in [-0.4, -0.2) is 113 Å². The Morgan fingerprint density at radius 1 is 0.655 bits per heavy atom. The Morgan fingerprint density at radius 3 is 1.64 bits per heavy atom. The van der Waals surface area contributed by atoms with Gasteiger partial charge < -0.3 is 33.9 Å². The molecule has 2 aromatic carbocycles. The molecule has 4 heterocycles. The molecular weight excluding hydrogens is 751 g/mol. The summed E-state index contributed by atoms with van der Waals surface area (Å²) in [6.07, 6.45) is 5.36. The van der Waals surface area contributed by atoms with Crippen molar-refractivity contribution >= 4 is 43.1 Å². The number of rotatable bonds is 8. The summed E-state index contributed by atoms with van der Waals surface area (Å²) in [5.41, 5.74) is -0.595. The number of nitrogens with zero attached hydrogens (tertiary/aromatic N) is 5. The molecule has 2 aliphatic rings. The second kappa shape index (κ2) is 22.2. The molecule has 2 unspecified atom stereocenters. The molecule has 4 aromatic rings. The molecular formula is C39H48Cl2N6O8. The van der Waals surface area contributed by atoms with Crippen molar-refractivity contribution in [3.63, 3.8) is 0 Å². The average molecular weight is 800 g/mol. The molecule has 2 atom stereocenters. The number of aromatic nitrogens is 2. The molecule has 2 aromatic heterocycles. The van der Waals surface area contributed by atoms with Gasteiger partial charge in [0.2, 0.25) is 0 Å². The van der Waals surface area contributed by atoms with Gasteiger partial charge in [-0.1, -0.05) is 36.4 Å². The third kappa shape index (κ3) is 14.5. The molecule has 0 aliphatic carbocycles. The lowest BCUT2D eigenvalue weighted by Crippen LogP contribution is -2.59. The highest BCUT2D eigenvalue weighted by Crippen LogP contribution is 2.20. The van der Waals surface area contributed by atoms with Crippen LogP contribution in [0.2, 0.25) is 0 Å². The summed E-state index contributed by atoms with van der Waals surface area (Å²) in [5, 5.41) is 3.27. The average Bonchev–Trinajstić information content (AvgIpc) is 3.17. The third-order valence-corrected chi connectivity index (χ3v) is 8.00. The lowest BCUT2D eigenvalue weighted by Gasteiger charge is -2.40. The maximum atomic E-state index is 12.8. The van der Waals surface area contributed by atoms with E-state index in [0.29, 0.717) is 55.8 Å². The van der Waals surface area contributed by atoms with E-state index in [4.69, 9.17) is 23.7 Å². The lowest BCUT2D eigenvalue weighted by molar-refractivity contribution is 0.000823. The van der Waals surface area contributed by atoms with Crippen LogP contribution in [0.3, 0.4) is 0 Å². The van der Waals surface area contributed by atoms with Gasteiger partial charge in [0, 0.05) is 51.7 Å². The number of pyridine rings is 2. The molecule has 0 radical (unpaired) electrons. The summed E-state index contributed by atoms with van der Waals surface area (Å²) < 4.78 is 27.9. The minimum absolute atomic E-state index is 0. The minimum atomic E-state index is -0.595. The van der Waals surface area contributed by atoms with Crippen LogP contribution in [0.15, 0.2) is 110 Å². The zero-order chi connectivity index (χ0) is 37.5. The standard InChI is InChI=1S/C22H27N3O5.C17H19N3O3.2ClH/c1-22(2,3)30-20(26)24-12-13-25(21(27)29-18-8-5-4-6-9-18)17(15-24)16-28-19-10-7-11-23-14-19;21-17(23-15-5-2-1-3-6-15)20-10-9-19-11-14(20)13-22-16-7-4-8-18-12-16;;/h4-11,14,17H,12-13,15-16H2,1-3H3;1-8,12,14,19H,9-11,13H2;2*1H. The number of hydrogen-bond donors (Lipinski definition) is 1. The monoisotopic (exact) mass is 798 g/mol. The fourth-order valence-corrected chi connectivity index (χ4v) is 5.43. The normalized spacial score (nSPS) is 16.5. The van der Waals surface area contributed by atoms with Gasteiger partial charge in [0.1, 0.15) is 41.8 Å². The van der Waals surface area contributed by atoms with Gasteiger partial charge in [-0.2, -0.15) is 0 Å². The van der Waals surface area contributed by atoms with E-state index in [1.807, 2.05) is 57.2 Å². The molecule has 296 valence electrons. The molecule has 16 heteroatoms. The fraction of sp³-hybridized carbons (Fsp3) is 0.359. The second-order valence-electron chi connectivity index (χ2n) is 13.2. The van der Waals surface area contributed by atoms with Crippen molar-refractivity contribution in [2.75, 3.05) is 52.5 Å². The van der Waals surface area contributed by atoms with Gasteiger partial charge in [-0.3, -0.25) is 19.8 Å². The molecule has 14 nitrogen and oxygen atoms in total. The van der Waals surface area contributed by atoms with Crippen molar-refractivity contribution in [2.45, 2.75) is 38.5 Å². The summed E-state index contributed by atoms with van der Waals surface area (Å²) in [7, 11) is 0. The number of piperazine rings is 2. The molecule has 6 rings (SSSR count). The summed E-state index contributed by atoms with van der Waals surface area (Å²) >= 11 is 0. The molecule has 2 aliphatic heterocycles. The van der Waals surface area contributed by atoms with Crippen LogP contribution in [0.5, 0.6) is 23.0 Å². The van der Waals surface area contributed by atoms with E-state index in [-0.39, 0.29) is 50.1 Å². The van der Waals surface area contributed by atoms with E-state index in [0.717, 1.165) is 6.54 Å². The Morgan fingerprint density at radius 2 is 1.15 bits per heavy atom. The molecule has 2 saturated heterocycles. The largest absolute Gasteiger partial charge is 0.490 e. The van der Waals surface area contributed by atoms with E-state index in [9.17, 15) is 14.4 Å². The van der Waals surface area contributed by atoms with Gasteiger partial charge in [0.15, 0.2) is 0 Å². The van der Waals surface area contributed by atoms with Crippen molar-refractivity contribution in [1.82, 2.24) is 30.0 Å². The van der Waals surface area contributed by atoms with Crippen molar-refractivity contribution in [3.05, 3.63) is 110 Å². The number of hydrogen-bond acceptors (Lipinski definition) is 11. The summed E-state index contributed by atoms with van der Waals surface area (Å²) in [6.45, 7) is 8.99. The van der Waals surface area contributed by atoms with E-state index in [2.05, 4.69) is 15.3 Å². The molecule has 0 bridgehead atoms. The Balaban J connectivity index is 0.000000294. The van der Waals surface area contributed by atoms with E-state index < -0.39 is 23.8 Å². The van der Waals surface area contributed by atoms with E-state index in [1.165, 1.54) is 0 Å². The number of para-hydroxylation sites is 2. The van der Waals surface area contributed by atoms with Gasteiger partial charge in [0.05, 0.1) is 24.5 Å². The number of nitrogens with one attached hydrogen (secondary N) is 1. The number of benzene rings is 2. The first-order valence-electron chi connectivity index (χ1n) is 17.5. The highest BCUT2D eigenvalue weighted by molar-refractivity contribution is 5.85. The minimum Gasteiger partial charge on any atom is -0.490 e. The first-order valence-corrected chi connectivity index (χ1v) is 17.5. The Labute approximate surface area is 333 Å². The topological polar surface area (TPSA) is 145 Å². The van der Waals surface area contributed by atoms with E-state index >= 15 is 0 Å². The number of carbonyl (C=O) groups is 3. The predicted molar refractivity (Wildman–Crippen MR) is 211 cm³/mol. The molecule has 0 spiro atoms. The number of carbonyl (C=O) groups excluding carboxylic acids is 3. The highest BCUT2D eigenvalue weighted by atomic mass is 35.5. The zero-order valence-electron chi connectivity index (χ0n) is 31.0. The van der Waals surface area contributed by atoms with Crippen LogP contribution < -0.4 is 24.3 Å². The molecule has 55 heavy (non-hydrogen) atoms. The van der Waals surface area contributed by atoms with Crippen LogP contribution in [0.1, 0.15) is 20.8 Å². The van der Waals surface area contributed by atoms with Gasteiger partial charge in [-0.15, -0.1) is 24.8 Å². The molecule has 2 fully saturated rings. The Kier molecular flexibility index (Phi) is 17.8. The van der Waals surface area contributed by atoms with Crippen LogP contribution >= 0.6 is 24.8 Å². The summed E-state index contributed by atoms with van der Waals surface area (Å²) in [4.78, 5) is 50.6. The molecule has 0 saturated carbocycles. The Bertz CT molecular complexity index is 1730. The first-order chi connectivity index (χ1) is 25.6. The zero-order valence-corrected chi connectivity index (χ0v) is 32.7.